The van der Waals surface area contributed by atoms with Crippen molar-refractivity contribution in [3.63, 3.8) is 0 Å². The number of β-amino-alcohol motifs (C(OH)–C–C–N with tert-alkyl or cyclic N) is 1. The number of ether oxygens (including phenoxy) is 3. The molecule has 0 radical (unpaired) electrons. The average molecular weight is 1050 g/mol. The van der Waals surface area contributed by atoms with Gasteiger partial charge in [-0.1, -0.05) is 32.0 Å². The maximum atomic E-state index is 14.2. The lowest BCUT2D eigenvalue weighted by Crippen LogP contribution is -2.54. The largest absolute Gasteiger partial charge is 0.507 e. The Kier molecular flexibility index (Phi) is 15.0. The highest BCUT2D eigenvalue weighted by molar-refractivity contribution is 5.91. The highest BCUT2D eigenvalue weighted by Crippen LogP contribution is 2.41. The number of piperidine rings is 1. The van der Waals surface area contributed by atoms with Crippen LogP contribution in [0.2, 0.25) is 0 Å². The number of amides is 2. The predicted molar refractivity (Wildman–Crippen MR) is 284 cm³/mol. The van der Waals surface area contributed by atoms with Gasteiger partial charge in [-0.25, -0.2) is 9.97 Å². The first-order valence-corrected chi connectivity index (χ1v) is 27.0. The number of aromatic hydroxyl groups is 1. The molecule has 5 fully saturated rings. The summed E-state index contributed by atoms with van der Waals surface area (Å²) in [7, 11) is 0. The van der Waals surface area contributed by atoms with E-state index >= 15 is 0 Å². The topological polar surface area (TPSA) is 257 Å². The summed E-state index contributed by atoms with van der Waals surface area (Å²) in [6.45, 7) is 12.0. The second-order valence-electron chi connectivity index (χ2n) is 21.6. The summed E-state index contributed by atoms with van der Waals surface area (Å²) in [5, 5.41) is 36.9. The maximum Gasteiger partial charge on any atom is 0.254 e. The van der Waals surface area contributed by atoms with Crippen LogP contribution >= 0.6 is 0 Å². The van der Waals surface area contributed by atoms with Gasteiger partial charge in [0, 0.05) is 106 Å². The molecule has 21 nitrogen and oxygen atoms in total. The number of nitrogen functional groups attached to an aromatic ring is 1. The number of nitrogens with two attached hydrogens (primary N) is 1. The minimum Gasteiger partial charge on any atom is -0.507 e. The molecule has 6 aromatic rings. The summed E-state index contributed by atoms with van der Waals surface area (Å²) in [4.78, 5) is 49.8. The van der Waals surface area contributed by atoms with E-state index in [2.05, 4.69) is 62.5 Å². The number of rotatable bonds is 18. The molecule has 5 N–H and O–H groups in total. The number of oxazole rings is 1. The third-order valence-electron chi connectivity index (χ3n) is 16.0. The third kappa shape index (κ3) is 11.2. The number of benzene rings is 1. The number of fused-ring (bicyclic) bond motifs is 2. The maximum absolute atomic E-state index is 14.2. The van der Waals surface area contributed by atoms with Crippen molar-refractivity contribution in [2.24, 2.45) is 5.92 Å². The monoisotopic (exact) mass is 1050 g/mol. The zero-order valence-corrected chi connectivity index (χ0v) is 44.0. The molecule has 5 aliphatic rings. The van der Waals surface area contributed by atoms with Crippen LogP contribution in [0, 0.1) is 12.8 Å². The number of aromatic nitrogens is 6. The summed E-state index contributed by atoms with van der Waals surface area (Å²) < 4.78 is 30.2. The number of carbonyl (C=O) groups is 2. The number of anilines is 3. The summed E-state index contributed by atoms with van der Waals surface area (Å²) in [6, 6.07) is 17.8. The second-order valence-corrected chi connectivity index (χ2v) is 21.6. The number of nitrogens with zero attached hydrogens (tertiary/aromatic N) is 10. The zero-order valence-electron chi connectivity index (χ0n) is 44.0. The molecule has 1 aromatic carbocycles. The quantitative estimate of drug-likeness (QED) is 0.0761. The number of piperazine rings is 1. The van der Waals surface area contributed by atoms with Crippen LogP contribution in [0.3, 0.4) is 0 Å². The number of aliphatic hydroxyl groups excluding tert-OH is 1. The fourth-order valence-electron chi connectivity index (χ4n) is 11.8. The fourth-order valence-corrected chi connectivity index (χ4v) is 11.8. The Bertz CT molecular complexity index is 3000. The van der Waals surface area contributed by atoms with Crippen LogP contribution in [-0.2, 0) is 14.3 Å². The predicted octanol–water partition coefficient (Wildman–Crippen LogP) is 6.08. The first-order chi connectivity index (χ1) is 37.3. The van der Waals surface area contributed by atoms with Crippen LogP contribution in [0.1, 0.15) is 94.7 Å². The number of phenols is 1. The summed E-state index contributed by atoms with van der Waals surface area (Å²) in [5.41, 5.74) is 11.7. The normalized spacial score (nSPS) is 23.5. The van der Waals surface area contributed by atoms with Gasteiger partial charge >= 0.3 is 0 Å². The standard InChI is InChI=1S/C56H68N12O9/c1-32(2)52(56(72)67-30-39(69)22-47(67)55(71)61-33(3)35-9-12-44(59-27-35)53-34(4)60-31-74-53)49-26-51(64-77-49)73-20-19-65-17-14-40(15-18-65)75-41-23-42(24-41)76-50-21-36(13-16-58-50)68-37-10-11-38(68)29-66(28-37)46-25-45(62-63-54(46)57)43-7-5-6-8-48(43)70/h5-9,12-13,16,21,25-27,31-33,37-42,47,52,69-70H,10-11,14-15,17-20,22-24,28-30H2,1-4H3,(H2,57,63)(H,61,71)/t33-,37?,38?,39+,41?,42?,47-,52-/m0/s1. The molecule has 77 heavy (non-hydrogen) atoms. The Labute approximate surface area is 447 Å². The Morgan fingerprint density at radius 3 is 2.39 bits per heavy atom. The van der Waals surface area contributed by atoms with Crippen molar-refractivity contribution in [2.75, 3.05) is 61.4 Å². The van der Waals surface area contributed by atoms with Crippen molar-refractivity contribution in [2.45, 2.75) is 127 Å². The van der Waals surface area contributed by atoms with Crippen LogP contribution in [0.25, 0.3) is 22.7 Å². The second kappa shape index (κ2) is 22.3. The van der Waals surface area contributed by atoms with Crippen LogP contribution in [0.15, 0.2) is 88.4 Å². The molecule has 5 aromatic heterocycles. The Balaban J connectivity index is 0.601. The smallest absolute Gasteiger partial charge is 0.254 e. The van der Waals surface area contributed by atoms with Crippen LogP contribution in [-0.4, -0.2) is 151 Å². The van der Waals surface area contributed by atoms with Crippen molar-refractivity contribution in [1.82, 2.24) is 45.4 Å². The molecule has 2 unspecified atom stereocenters. The molecule has 2 amide bonds. The van der Waals surface area contributed by atoms with Gasteiger partial charge in [0.1, 0.15) is 36.1 Å². The number of hydrogen-bond acceptors (Lipinski definition) is 19. The Hall–Kier alpha value is -7.36. The fraction of sp³-hybridized carbons (Fsp3) is 0.500. The molecule has 1 aliphatic carbocycles. The lowest BCUT2D eigenvalue weighted by Gasteiger charge is -2.43. The van der Waals surface area contributed by atoms with Gasteiger partial charge in [-0.3, -0.25) is 19.5 Å². The highest BCUT2D eigenvalue weighted by atomic mass is 16.5. The average Bonchev–Trinajstić information content (AvgIpc) is 4.22. The molecule has 4 aliphatic heterocycles. The molecule has 406 valence electrons. The third-order valence-corrected chi connectivity index (χ3v) is 16.0. The molecule has 11 rings (SSSR count). The van der Waals surface area contributed by atoms with E-state index in [1.165, 1.54) is 11.3 Å². The zero-order chi connectivity index (χ0) is 53.3. The van der Waals surface area contributed by atoms with Crippen LogP contribution in [0.4, 0.5) is 17.2 Å². The van der Waals surface area contributed by atoms with Gasteiger partial charge in [0.05, 0.1) is 41.4 Å². The first-order valence-electron chi connectivity index (χ1n) is 27.0. The molecule has 0 spiro atoms. The van der Waals surface area contributed by atoms with Gasteiger partial charge in [-0.05, 0) is 86.5 Å². The van der Waals surface area contributed by atoms with Crippen molar-refractivity contribution in [1.29, 1.82) is 0 Å². The van der Waals surface area contributed by atoms with Crippen molar-refractivity contribution in [3.05, 3.63) is 96.5 Å². The first kappa shape index (κ1) is 51.7. The van der Waals surface area contributed by atoms with Crippen LogP contribution in [0.5, 0.6) is 17.5 Å². The Morgan fingerprint density at radius 1 is 0.870 bits per heavy atom. The molecule has 4 saturated heterocycles. The number of phenolic OH excluding ortho intramolecular Hbond substituents is 1. The van der Waals surface area contributed by atoms with E-state index < -0.39 is 24.1 Å². The van der Waals surface area contributed by atoms with Crippen molar-refractivity contribution in [3.8, 4) is 40.2 Å². The number of aryl methyl sites for hydroxylation is 1. The van der Waals surface area contributed by atoms with E-state index in [-0.39, 0.29) is 66.8 Å². The number of aliphatic hydroxyl groups is 1. The lowest BCUT2D eigenvalue weighted by molar-refractivity contribution is -0.141. The van der Waals surface area contributed by atoms with Gasteiger partial charge in [0.2, 0.25) is 17.7 Å². The van der Waals surface area contributed by atoms with E-state index in [0.29, 0.717) is 59.2 Å². The number of hydrogen-bond donors (Lipinski definition) is 4. The minimum absolute atomic E-state index is 0.0289. The molecular formula is C56H68N12O9. The number of carbonyl (C=O) groups excluding carboxylic acids is 2. The molecule has 9 heterocycles. The lowest BCUT2D eigenvalue weighted by atomic mass is 9.91. The Morgan fingerprint density at radius 2 is 1.66 bits per heavy atom. The van der Waals surface area contributed by atoms with E-state index in [0.717, 1.165) is 87.3 Å². The van der Waals surface area contributed by atoms with E-state index in [4.69, 9.17) is 28.9 Å². The van der Waals surface area contributed by atoms with Gasteiger partial charge in [-0.15, -0.1) is 10.2 Å². The van der Waals surface area contributed by atoms with Crippen molar-refractivity contribution >= 4 is 29.0 Å². The minimum atomic E-state index is -0.867. The number of likely N-dealkylation sites (tertiary alicyclic amines) is 2. The molecular weight excluding hydrogens is 985 g/mol. The number of para-hydroxylation sites is 1. The SMILES string of the molecule is Cc1ncoc1-c1ccc([C@H](C)NC(=O)[C@@H]2C[C@@H](O)CN2C(=O)[C@H](c2cc(OCCN3CCC(OC4CC(Oc5cc(N6C7CCC6CN(c6cc(-c8ccccc8O)nnc6N)C7)ccn5)C4)CC3)no2)C(C)C)cn1. The van der Waals surface area contributed by atoms with Gasteiger partial charge in [0.25, 0.3) is 5.88 Å². The van der Waals surface area contributed by atoms with Gasteiger partial charge in [0.15, 0.2) is 23.7 Å². The summed E-state index contributed by atoms with van der Waals surface area (Å²) >= 11 is 0. The molecule has 1 saturated carbocycles. The molecule has 6 atom stereocenters. The molecule has 21 heteroatoms. The van der Waals surface area contributed by atoms with Crippen molar-refractivity contribution < 1.29 is 43.0 Å². The highest BCUT2D eigenvalue weighted by Gasteiger charge is 2.45. The summed E-state index contributed by atoms with van der Waals surface area (Å²) in [6.07, 6.45) is 10.2. The van der Waals surface area contributed by atoms with Crippen LogP contribution < -0.4 is 30.3 Å². The summed E-state index contributed by atoms with van der Waals surface area (Å²) in [5.74, 6) is 0.777. The van der Waals surface area contributed by atoms with Gasteiger partial charge < -0.3 is 59.1 Å². The number of nitrogens with one attached hydrogen (secondary N) is 1. The van der Waals surface area contributed by atoms with Gasteiger partial charge in [-0.2, -0.15) is 0 Å². The molecule has 2 bridgehead atoms. The van der Waals surface area contributed by atoms with E-state index in [1.807, 2.05) is 64.2 Å². The van der Waals surface area contributed by atoms with E-state index in [9.17, 15) is 19.8 Å². The number of pyridine rings is 2. The van der Waals surface area contributed by atoms with E-state index in [1.54, 1.807) is 24.4 Å².